The number of pyridine rings is 1. The lowest BCUT2D eigenvalue weighted by Gasteiger charge is -2.33. The number of aromatic nitrogens is 2. The maximum absolute atomic E-state index is 5.82. The topological polar surface area (TPSA) is 33.1 Å². The quantitative estimate of drug-likeness (QED) is 0.809. The molecule has 1 aliphatic carbocycles. The molecule has 1 saturated carbocycles. The first kappa shape index (κ1) is 17.5. The van der Waals surface area contributed by atoms with Crippen LogP contribution >= 0.6 is 12.2 Å². The van der Waals surface area contributed by atoms with E-state index in [2.05, 4.69) is 58.7 Å². The Balaban J connectivity index is 1.81. The van der Waals surface area contributed by atoms with Gasteiger partial charge in [0.25, 0.3) is 0 Å². The van der Waals surface area contributed by atoms with E-state index in [1.165, 1.54) is 42.6 Å². The minimum atomic E-state index is 0.107. The number of hydrogen-bond acceptors (Lipinski definition) is 2. The van der Waals surface area contributed by atoms with Crippen molar-refractivity contribution in [3.05, 3.63) is 53.1 Å². The second kappa shape index (κ2) is 7.03. The van der Waals surface area contributed by atoms with Crippen LogP contribution in [-0.2, 0) is 6.54 Å². The summed E-state index contributed by atoms with van der Waals surface area (Å²) in [5.74, 6) is 0. The summed E-state index contributed by atoms with van der Waals surface area (Å²) in [6.07, 6.45) is 6.96. The molecule has 3 heterocycles. The third-order valence-electron chi connectivity index (χ3n) is 6.10. The van der Waals surface area contributed by atoms with Crippen molar-refractivity contribution in [3.63, 3.8) is 0 Å². The van der Waals surface area contributed by atoms with E-state index < -0.39 is 0 Å². The van der Waals surface area contributed by atoms with Crippen LogP contribution in [0.1, 0.15) is 67.3 Å². The number of nitrogens with one attached hydrogen (secondary N) is 1. The molecule has 138 valence electrons. The monoisotopic (exact) mass is 368 g/mol. The summed E-state index contributed by atoms with van der Waals surface area (Å²) in [6, 6.07) is 9.38. The lowest BCUT2D eigenvalue weighted by molar-refractivity contribution is 0.245. The van der Waals surface area contributed by atoms with Gasteiger partial charge in [0.1, 0.15) is 0 Å². The Bertz CT molecular complexity index is 792. The largest absolute Gasteiger partial charge is 0.352 e. The van der Waals surface area contributed by atoms with Crippen molar-refractivity contribution < 1.29 is 0 Å². The van der Waals surface area contributed by atoms with Gasteiger partial charge in [0, 0.05) is 30.2 Å². The molecule has 0 amide bonds. The molecule has 1 aliphatic heterocycles. The second-order valence-electron chi connectivity index (χ2n) is 7.54. The highest BCUT2D eigenvalue weighted by molar-refractivity contribution is 7.80. The molecule has 4 nitrogen and oxygen atoms in total. The van der Waals surface area contributed by atoms with Crippen LogP contribution in [0.15, 0.2) is 30.5 Å². The average Bonchev–Trinajstić information content (AvgIpc) is 3.34. The lowest BCUT2D eigenvalue weighted by Crippen LogP contribution is -2.37. The van der Waals surface area contributed by atoms with Gasteiger partial charge in [0.2, 0.25) is 0 Å². The SMILES string of the molecule is CCn1c(C)cc([C@@H]2[C@H](c3ccccn3)NC(=S)N2C2CCCC2)c1C. The molecule has 2 fully saturated rings. The Morgan fingerprint density at radius 1 is 1.23 bits per heavy atom. The van der Waals surface area contributed by atoms with E-state index in [4.69, 9.17) is 12.2 Å². The van der Waals surface area contributed by atoms with Gasteiger partial charge in [-0.25, -0.2) is 0 Å². The zero-order valence-electron chi connectivity index (χ0n) is 15.9. The number of nitrogens with zero attached hydrogens (tertiary/aromatic N) is 3. The number of hydrogen-bond donors (Lipinski definition) is 1. The predicted octanol–water partition coefficient (Wildman–Crippen LogP) is 4.43. The molecule has 2 aliphatic rings. The Morgan fingerprint density at radius 2 is 2.00 bits per heavy atom. The fraction of sp³-hybridized carbons (Fsp3) is 0.524. The molecule has 26 heavy (non-hydrogen) atoms. The molecule has 0 unspecified atom stereocenters. The molecule has 0 aromatic carbocycles. The standard InChI is InChI=1S/C21H28N4S/c1-4-24-14(2)13-17(15(24)3)20-19(18-11-7-8-12-22-18)23-21(26)25(20)16-9-5-6-10-16/h7-8,11-13,16,19-20H,4-6,9-10H2,1-3H3,(H,23,26)/t19-,20+/m0/s1. The summed E-state index contributed by atoms with van der Waals surface area (Å²) in [5, 5.41) is 4.49. The van der Waals surface area contributed by atoms with Crippen LogP contribution < -0.4 is 5.32 Å². The second-order valence-corrected chi connectivity index (χ2v) is 7.93. The van der Waals surface area contributed by atoms with Gasteiger partial charge in [-0.05, 0) is 69.6 Å². The zero-order chi connectivity index (χ0) is 18.3. The van der Waals surface area contributed by atoms with Gasteiger partial charge in [-0.2, -0.15) is 0 Å². The van der Waals surface area contributed by atoms with Crippen molar-refractivity contribution in [1.82, 2.24) is 19.8 Å². The summed E-state index contributed by atoms with van der Waals surface area (Å²) >= 11 is 5.82. The van der Waals surface area contributed by atoms with Crippen molar-refractivity contribution in [1.29, 1.82) is 0 Å². The van der Waals surface area contributed by atoms with Gasteiger partial charge in [0.05, 0.1) is 17.8 Å². The first-order chi connectivity index (χ1) is 12.6. The van der Waals surface area contributed by atoms with Gasteiger partial charge in [-0.15, -0.1) is 0 Å². The van der Waals surface area contributed by atoms with Gasteiger partial charge in [-0.3, -0.25) is 4.98 Å². The summed E-state index contributed by atoms with van der Waals surface area (Å²) in [4.78, 5) is 7.14. The fourth-order valence-electron chi connectivity index (χ4n) is 4.89. The van der Waals surface area contributed by atoms with Crippen molar-refractivity contribution in [2.75, 3.05) is 0 Å². The summed E-state index contributed by atoms with van der Waals surface area (Å²) in [5.41, 5.74) is 5.13. The maximum atomic E-state index is 5.82. The van der Waals surface area contributed by atoms with E-state index >= 15 is 0 Å². The van der Waals surface area contributed by atoms with Gasteiger partial charge >= 0.3 is 0 Å². The van der Waals surface area contributed by atoms with Gasteiger partial charge < -0.3 is 14.8 Å². The molecule has 0 bridgehead atoms. The van der Waals surface area contributed by atoms with E-state index in [0.717, 1.165) is 17.4 Å². The predicted molar refractivity (Wildman–Crippen MR) is 109 cm³/mol. The Labute approximate surface area is 161 Å². The van der Waals surface area contributed by atoms with Crippen LogP contribution in [0.25, 0.3) is 0 Å². The highest BCUT2D eigenvalue weighted by atomic mass is 32.1. The van der Waals surface area contributed by atoms with Crippen LogP contribution in [0.5, 0.6) is 0 Å². The van der Waals surface area contributed by atoms with Crippen molar-refractivity contribution in [2.24, 2.45) is 0 Å². The molecule has 0 spiro atoms. The van der Waals surface area contributed by atoms with E-state index in [1.54, 1.807) is 0 Å². The lowest BCUT2D eigenvalue weighted by atomic mass is 9.95. The average molecular weight is 369 g/mol. The van der Waals surface area contributed by atoms with E-state index in [9.17, 15) is 0 Å². The molecule has 5 heteroatoms. The molecule has 4 rings (SSSR count). The number of rotatable bonds is 4. The van der Waals surface area contributed by atoms with Crippen LogP contribution in [0.2, 0.25) is 0 Å². The third kappa shape index (κ3) is 2.82. The third-order valence-corrected chi connectivity index (χ3v) is 6.43. The van der Waals surface area contributed by atoms with Gasteiger partial charge in [0.15, 0.2) is 5.11 Å². The summed E-state index contributed by atoms with van der Waals surface area (Å²) < 4.78 is 2.40. The molecule has 0 radical (unpaired) electrons. The summed E-state index contributed by atoms with van der Waals surface area (Å²) in [7, 11) is 0. The summed E-state index contributed by atoms with van der Waals surface area (Å²) in [6.45, 7) is 7.66. The minimum absolute atomic E-state index is 0.107. The van der Waals surface area contributed by atoms with Crippen molar-refractivity contribution in [3.8, 4) is 0 Å². The van der Waals surface area contributed by atoms with Crippen LogP contribution in [-0.4, -0.2) is 25.6 Å². The van der Waals surface area contributed by atoms with Crippen molar-refractivity contribution >= 4 is 17.3 Å². The molecule has 2 aromatic rings. The highest BCUT2D eigenvalue weighted by Crippen LogP contribution is 2.44. The molecular weight excluding hydrogens is 340 g/mol. The minimum Gasteiger partial charge on any atom is -0.352 e. The molecule has 1 N–H and O–H groups in total. The van der Waals surface area contributed by atoms with E-state index in [-0.39, 0.29) is 12.1 Å². The first-order valence-electron chi connectivity index (χ1n) is 9.78. The van der Waals surface area contributed by atoms with Crippen LogP contribution in [0.4, 0.5) is 0 Å². The normalized spacial score (nSPS) is 23.7. The maximum Gasteiger partial charge on any atom is 0.170 e. The molecule has 2 atom stereocenters. The molecule has 1 saturated heterocycles. The van der Waals surface area contributed by atoms with Crippen LogP contribution in [0.3, 0.4) is 0 Å². The smallest absolute Gasteiger partial charge is 0.170 e. The van der Waals surface area contributed by atoms with Crippen molar-refractivity contribution in [2.45, 2.75) is 71.1 Å². The Morgan fingerprint density at radius 3 is 2.62 bits per heavy atom. The fourth-order valence-corrected chi connectivity index (χ4v) is 5.28. The molecular formula is C21H28N4S. The first-order valence-corrected chi connectivity index (χ1v) is 10.2. The number of thiocarbonyl (C=S) groups is 1. The van der Waals surface area contributed by atoms with E-state index in [1.807, 2.05) is 12.3 Å². The number of aryl methyl sites for hydroxylation is 1. The van der Waals surface area contributed by atoms with Gasteiger partial charge in [-0.1, -0.05) is 18.9 Å². The Kier molecular flexibility index (Phi) is 4.74. The van der Waals surface area contributed by atoms with E-state index in [0.29, 0.717) is 6.04 Å². The molecule has 2 aromatic heterocycles. The zero-order valence-corrected chi connectivity index (χ0v) is 16.7. The van der Waals surface area contributed by atoms with Crippen LogP contribution in [0, 0.1) is 13.8 Å². The Hall–Kier alpha value is -1.88. The highest BCUT2D eigenvalue weighted by Gasteiger charge is 2.44.